The van der Waals surface area contributed by atoms with E-state index in [1.165, 1.54) is 24.9 Å². The molecule has 0 spiro atoms. The lowest BCUT2D eigenvalue weighted by atomic mass is 9.87. The molecule has 0 aromatic heterocycles. The SMILES string of the molecule is CNC1CCCN(CCOc2ccc(C(C)(C)C)cc2)C1. The highest BCUT2D eigenvalue weighted by atomic mass is 16.5. The molecule has 0 amide bonds. The van der Waals surface area contributed by atoms with Crippen LogP contribution < -0.4 is 10.1 Å². The van der Waals surface area contributed by atoms with Crippen molar-refractivity contribution in [1.29, 1.82) is 0 Å². The number of nitrogens with one attached hydrogen (secondary N) is 1. The maximum atomic E-state index is 5.88. The number of ether oxygens (including phenoxy) is 1. The summed E-state index contributed by atoms with van der Waals surface area (Å²) < 4.78 is 5.88. The van der Waals surface area contributed by atoms with Gasteiger partial charge in [-0.3, -0.25) is 4.90 Å². The highest BCUT2D eigenvalue weighted by Gasteiger charge is 2.18. The van der Waals surface area contributed by atoms with Gasteiger partial charge >= 0.3 is 0 Å². The van der Waals surface area contributed by atoms with Gasteiger partial charge in [-0.2, -0.15) is 0 Å². The zero-order chi connectivity index (χ0) is 15.3. The molecule has 1 aromatic carbocycles. The molecule has 1 aliphatic heterocycles. The molecule has 1 aliphatic rings. The second kappa shape index (κ2) is 7.28. The summed E-state index contributed by atoms with van der Waals surface area (Å²) in [5.41, 5.74) is 1.55. The zero-order valence-electron chi connectivity index (χ0n) is 14.0. The fourth-order valence-electron chi connectivity index (χ4n) is 2.84. The lowest BCUT2D eigenvalue weighted by molar-refractivity contribution is 0.162. The van der Waals surface area contributed by atoms with Gasteiger partial charge in [-0.05, 0) is 49.5 Å². The topological polar surface area (TPSA) is 24.5 Å². The fraction of sp³-hybridized carbons (Fsp3) is 0.667. The summed E-state index contributed by atoms with van der Waals surface area (Å²) in [6.45, 7) is 10.8. The van der Waals surface area contributed by atoms with Gasteiger partial charge in [0.1, 0.15) is 12.4 Å². The molecule has 0 bridgehead atoms. The van der Waals surface area contributed by atoms with E-state index in [0.717, 1.165) is 25.4 Å². The van der Waals surface area contributed by atoms with E-state index in [-0.39, 0.29) is 5.41 Å². The van der Waals surface area contributed by atoms with Gasteiger partial charge in [-0.1, -0.05) is 32.9 Å². The first kappa shape index (κ1) is 16.3. The number of nitrogens with zero attached hydrogens (tertiary/aromatic N) is 1. The molecular formula is C18H30N2O. The molecule has 118 valence electrons. The van der Waals surface area contributed by atoms with Gasteiger partial charge in [-0.25, -0.2) is 0 Å². The van der Waals surface area contributed by atoms with E-state index >= 15 is 0 Å². The van der Waals surface area contributed by atoms with Gasteiger partial charge in [0, 0.05) is 19.1 Å². The molecule has 1 aromatic rings. The van der Waals surface area contributed by atoms with Crippen molar-refractivity contribution in [2.45, 2.75) is 45.1 Å². The van der Waals surface area contributed by atoms with Crippen LogP contribution in [0.15, 0.2) is 24.3 Å². The molecule has 1 heterocycles. The number of likely N-dealkylation sites (N-methyl/N-ethyl adjacent to an activating group) is 1. The largest absolute Gasteiger partial charge is 0.492 e. The van der Waals surface area contributed by atoms with E-state index in [1.54, 1.807) is 0 Å². The van der Waals surface area contributed by atoms with Crippen molar-refractivity contribution in [3.8, 4) is 5.75 Å². The van der Waals surface area contributed by atoms with Crippen molar-refractivity contribution < 1.29 is 4.74 Å². The fourth-order valence-corrected chi connectivity index (χ4v) is 2.84. The van der Waals surface area contributed by atoms with Crippen LogP contribution in [-0.4, -0.2) is 44.2 Å². The Bertz CT molecular complexity index is 422. The molecule has 0 saturated carbocycles. The first-order valence-corrected chi connectivity index (χ1v) is 8.12. The van der Waals surface area contributed by atoms with E-state index in [0.29, 0.717) is 6.04 Å². The molecule has 3 nitrogen and oxygen atoms in total. The molecule has 1 fully saturated rings. The van der Waals surface area contributed by atoms with Crippen LogP contribution in [0.3, 0.4) is 0 Å². The number of hydrogen-bond acceptors (Lipinski definition) is 3. The maximum absolute atomic E-state index is 5.88. The Morgan fingerprint density at radius 1 is 1.24 bits per heavy atom. The third-order valence-corrected chi connectivity index (χ3v) is 4.31. The van der Waals surface area contributed by atoms with Gasteiger partial charge in [-0.15, -0.1) is 0 Å². The molecule has 1 N–H and O–H groups in total. The van der Waals surface area contributed by atoms with Crippen molar-refractivity contribution >= 4 is 0 Å². The second-order valence-electron chi connectivity index (χ2n) is 7.05. The van der Waals surface area contributed by atoms with Crippen molar-refractivity contribution in [3.05, 3.63) is 29.8 Å². The van der Waals surface area contributed by atoms with Gasteiger partial charge < -0.3 is 10.1 Å². The smallest absolute Gasteiger partial charge is 0.119 e. The minimum atomic E-state index is 0.203. The summed E-state index contributed by atoms with van der Waals surface area (Å²) in [5.74, 6) is 0.977. The average Bonchev–Trinajstić information content (AvgIpc) is 2.47. The molecule has 0 aliphatic carbocycles. The van der Waals surface area contributed by atoms with E-state index < -0.39 is 0 Å². The Morgan fingerprint density at radius 2 is 1.95 bits per heavy atom. The minimum absolute atomic E-state index is 0.203. The number of rotatable bonds is 5. The normalized spacial score (nSPS) is 20.5. The zero-order valence-corrected chi connectivity index (χ0v) is 14.0. The molecule has 1 atom stereocenters. The number of piperidine rings is 1. The Balaban J connectivity index is 1.76. The first-order valence-electron chi connectivity index (χ1n) is 8.12. The number of likely N-dealkylation sites (tertiary alicyclic amines) is 1. The highest BCUT2D eigenvalue weighted by molar-refractivity contribution is 5.31. The maximum Gasteiger partial charge on any atom is 0.119 e. The van der Waals surface area contributed by atoms with Gasteiger partial charge in [0.15, 0.2) is 0 Å². The first-order chi connectivity index (χ1) is 9.99. The monoisotopic (exact) mass is 290 g/mol. The van der Waals surface area contributed by atoms with Gasteiger partial charge in [0.05, 0.1) is 0 Å². The summed E-state index contributed by atoms with van der Waals surface area (Å²) in [7, 11) is 2.06. The quantitative estimate of drug-likeness (QED) is 0.902. The third-order valence-electron chi connectivity index (χ3n) is 4.31. The van der Waals surface area contributed by atoms with E-state index in [9.17, 15) is 0 Å². The van der Waals surface area contributed by atoms with Crippen LogP contribution in [0.5, 0.6) is 5.75 Å². The summed E-state index contributed by atoms with van der Waals surface area (Å²) >= 11 is 0. The molecule has 1 unspecified atom stereocenters. The summed E-state index contributed by atoms with van der Waals surface area (Å²) in [6.07, 6.45) is 2.58. The summed E-state index contributed by atoms with van der Waals surface area (Å²) in [6, 6.07) is 9.17. The van der Waals surface area contributed by atoms with Crippen molar-refractivity contribution in [1.82, 2.24) is 10.2 Å². The lowest BCUT2D eigenvalue weighted by Crippen LogP contribution is -2.45. The van der Waals surface area contributed by atoms with Gasteiger partial charge in [0.25, 0.3) is 0 Å². The van der Waals surface area contributed by atoms with Crippen LogP contribution >= 0.6 is 0 Å². The highest BCUT2D eigenvalue weighted by Crippen LogP contribution is 2.24. The molecular weight excluding hydrogens is 260 g/mol. The Kier molecular flexibility index (Phi) is 5.65. The molecule has 21 heavy (non-hydrogen) atoms. The van der Waals surface area contributed by atoms with Crippen LogP contribution in [0.1, 0.15) is 39.2 Å². The lowest BCUT2D eigenvalue weighted by Gasteiger charge is -2.32. The third kappa shape index (κ3) is 5.01. The van der Waals surface area contributed by atoms with E-state index in [2.05, 4.69) is 62.3 Å². The van der Waals surface area contributed by atoms with Crippen LogP contribution in [0.4, 0.5) is 0 Å². The van der Waals surface area contributed by atoms with Crippen LogP contribution in [0.2, 0.25) is 0 Å². The van der Waals surface area contributed by atoms with Crippen molar-refractivity contribution in [3.63, 3.8) is 0 Å². The Labute approximate surface area is 129 Å². The Morgan fingerprint density at radius 3 is 2.57 bits per heavy atom. The number of benzene rings is 1. The van der Waals surface area contributed by atoms with Crippen LogP contribution in [0, 0.1) is 0 Å². The number of hydrogen-bond donors (Lipinski definition) is 1. The predicted octanol–water partition coefficient (Wildman–Crippen LogP) is 3.05. The van der Waals surface area contributed by atoms with Crippen molar-refractivity contribution in [2.24, 2.45) is 0 Å². The average molecular weight is 290 g/mol. The molecule has 0 radical (unpaired) electrons. The van der Waals surface area contributed by atoms with Crippen LogP contribution in [-0.2, 0) is 5.41 Å². The summed E-state index contributed by atoms with van der Waals surface area (Å²) in [5, 5.41) is 3.38. The van der Waals surface area contributed by atoms with Crippen LogP contribution in [0.25, 0.3) is 0 Å². The summed E-state index contributed by atoms with van der Waals surface area (Å²) in [4.78, 5) is 2.49. The minimum Gasteiger partial charge on any atom is -0.492 e. The van der Waals surface area contributed by atoms with E-state index in [1.807, 2.05) is 0 Å². The van der Waals surface area contributed by atoms with E-state index in [4.69, 9.17) is 4.74 Å². The predicted molar refractivity (Wildman–Crippen MR) is 89.2 cm³/mol. The molecule has 3 heteroatoms. The van der Waals surface area contributed by atoms with Crippen molar-refractivity contribution in [2.75, 3.05) is 33.3 Å². The standard InChI is InChI=1S/C18H30N2O/c1-18(2,3)15-7-9-17(10-8-15)21-13-12-20-11-5-6-16(14-20)19-4/h7-10,16,19H,5-6,11-14H2,1-4H3. The second-order valence-corrected chi connectivity index (χ2v) is 7.05. The molecule has 1 saturated heterocycles. The molecule has 2 rings (SSSR count). The Hall–Kier alpha value is -1.06. The van der Waals surface area contributed by atoms with Gasteiger partial charge in [0.2, 0.25) is 0 Å².